The van der Waals surface area contributed by atoms with Crippen molar-refractivity contribution in [1.29, 1.82) is 0 Å². The molecule has 3 heteroatoms. The Morgan fingerprint density at radius 2 is 2.28 bits per heavy atom. The Hall–Kier alpha value is -0.960. The maximum absolute atomic E-state index is 4.57. The van der Waals surface area contributed by atoms with Crippen molar-refractivity contribution in [2.45, 2.75) is 44.8 Å². The highest BCUT2D eigenvalue weighted by molar-refractivity contribution is 8.15. The molecule has 2 nitrogen and oxygen atoms in total. The number of aliphatic imine (C=N–C) groups is 1. The fourth-order valence-electron chi connectivity index (χ4n) is 2.06. The molecule has 18 heavy (non-hydrogen) atoms. The van der Waals surface area contributed by atoms with Crippen molar-refractivity contribution >= 4 is 22.6 Å². The van der Waals surface area contributed by atoms with Gasteiger partial charge in [0.25, 0.3) is 0 Å². The molecule has 1 unspecified atom stereocenters. The van der Waals surface area contributed by atoms with Gasteiger partial charge in [-0.3, -0.25) is 4.99 Å². The fourth-order valence-corrected chi connectivity index (χ4v) is 3.20. The molecule has 0 fully saturated rings. The highest BCUT2D eigenvalue weighted by Gasteiger charge is 2.18. The third-order valence-electron chi connectivity index (χ3n) is 3.13. The number of nitrogens with zero attached hydrogens (tertiary/aromatic N) is 1. The van der Waals surface area contributed by atoms with Gasteiger partial charge in [0.1, 0.15) is 0 Å². The number of thioether (sulfide) groups is 1. The molecular weight excluding hydrogens is 240 g/mol. The van der Waals surface area contributed by atoms with Gasteiger partial charge in [0.05, 0.1) is 6.54 Å². The summed E-state index contributed by atoms with van der Waals surface area (Å²) in [5.41, 5.74) is 2.53. The van der Waals surface area contributed by atoms with E-state index in [9.17, 15) is 0 Å². The molecule has 0 spiro atoms. The smallest absolute Gasteiger partial charge is 0.161 e. The van der Waals surface area contributed by atoms with Gasteiger partial charge < -0.3 is 5.32 Å². The average molecular weight is 262 g/mol. The molecule has 0 radical (unpaired) electrons. The van der Waals surface area contributed by atoms with Crippen LogP contribution in [0.2, 0.25) is 0 Å². The monoisotopic (exact) mass is 262 g/mol. The summed E-state index contributed by atoms with van der Waals surface area (Å²) in [5, 5.41) is 5.19. The number of amidine groups is 1. The van der Waals surface area contributed by atoms with Crippen molar-refractivity contribution in [2.75, 3.05) is 11.9 Å². The Balaban J connectivity index is 1.96. The van der Waals surface area contributed by atoms with E-state index in [1.165, 1.54) is 18.4 Å². The molecule has 0 aromatic heterocycles. The van der Waals surface area contributed by atoms with Crippen molar-refractivity contribution in [3.05, 3.63) is 29.8 Å². The van der Waals surface area contributed by atoms with E-state index < -0.39 is 0 Å². The lowest BCUT2D eigenvalue weighted by molar-refractivity contribution is 0.754. The highest BCUT2D eigenvalue weighted by atomic mass is 32.2. The summed E-state index contributed by atoms with van der Waals surface area (Å²) < 4.78 is 0. The number of nitrogens with one attached hydrogen (secondary N) is 1. The molecule has 2 rings (SSSR count). The summed E-state index contributed by atoms with van der Waals surface area (Å²) in [5.74, 6) is 0.567. The summed E-state index contributed by atoms with van der Waals surface area (Å²) in [7, 11) is 0. The molecule has 0 saturated heterocycles. The minimum atomic E-state index is 0.567. The minimum Gasteiger partial charge on any atom is -0.335 e. The maximum atomic E-state index is 4.57. The molecule has 1 aliphatic heterocycles. The normalized spacial score (nSPS) is 19.1. The van der Waals surface area contributed by atoms with Gasteiger partial charge in [0.15, 0.2) is 5.17 Å². The largest absolute Gasteiger partial charge is 0.335 e. The first-order chi connectivity index (χ1) is 8.69. The van der Waals surface area contributed by atoms with Crippen molar-refractivity contribution < 1.29 is 0 Å². The van der Waals surface area contributed by atoms with Crippen LogP contribution in [0.25, 0.3) is 0 Å². The fraction of sp³-hybridized carbons (Fsp3) is 0.533. The van der Waals surface area contributed by atoms with Crippen LogP contribution in [0.3, 0.4) is 0 Å². The zero-order valence-electron chi connectivity index (χ0n) is 11.4. The van der Waals surface area contributed by atoms with Gasteiger partial charge in [-0.15, -0.1) is 0 Å². The van der Waals surface area contributed by atoms with Crippen molar-refractivity contribution in [2.24, 2.45) is 4.99 Å². The van der Waals surface area contributed by atoms with Crippen LogP contribution in [0, 0.1) is 0 Å². The maximum Gasteiger partial charge on any atom is 0.161 e. The second-order valence-electron chi connectivity index (χ2n) is 5.08. The Bertz CT molecular complexity index is 426. The lowest BCUT2D eigenvalue weighted by Crippen LogP contribution is -2.07. The van der Waals surface area contributed by atoms with Gasteiger partial charge in [0.2, 0.25) is 0 Å². The Morgan fingerprint density at radius 1 is 1.44 bits per heavy atom. The molecule has 98 valence electrons. The van der Waals surface area contributed by atoms with Crippen molar-refractivity contribution in [3.63, 3.8) is 0 Å². The van der Waals surface area contributed by atoms with Crippen LogP contribution in [0.4, 0.5) is 5.69 Å². The van der Waals surface area contributed by atoms with Gasteiger partial charge in [-0.25, -0.2) is 0 Å². The van der Waals surface area contributed by atoms with Crippen LogP contribution in [-0.4, -0.2) is 17.0 Å². The van der Waals surface area contributed by atoms with Crippen molar-refractivity contribution in [3.8, 4) is 0 Å². The molecule has 0 bridgehead atoms. The van der Waals surface area contributed by atoms with Gasteiger partial charge >= 0.3 is 0 Å². The van der Waals surface area contributed by atoms with E-state index in [0.717, 1.165) is 17.4 Å². The molecule has 0 aliphatic carbocycles. The molecule has 1 atom stereocenters. The molecule has 0 amide bonds. The Kier molecular flexibility index (Phi) is 4.70. The minimum absolute atomic E-state index is 0.567. The summed E-state index contributed by atoms with van der Waals surface area (Å²) in [6.07, 6.45) is 2.49. The van der Waals surface area contributed by atoms with E-state index in [4.69, 9.17) is 0 Å². The quantitative estimate of drug-likeness (QED) is 0.864. The lowest BCUT2D eigenvalue weighted by Gasteiger charge is -2.10. The number of benzene rings is 1. The van der Waals surface area contributed by atoms with Crippen LogP contribution in [0.5, 0.6) is 0 Å². The van der Waals surface area contributed by atoms with E-state index in [1.807, 2.05) is 11.8 Å². The number of hydrogen-bond donors (Lipinski definition) is 1. The number of anilines is 1. The first-order valence-electron chi connectivity index (χ1n) is 6.77. The van der Waals surface area contributed by atoms with E-state index >= 15 is 0 Å². The predicted octanol–water partition coefficient (Wildman–Crippen LogP) is 4.49. The van der Waals surface area contributed by atoms with Crippen LogP contribution >= 0.6 is 11.8 Å². The number of rotatable bonds is 4. The van der Waals surface area contributed by atoms with Crippen LogP contribution in [-0.2, 0) is 0 Å². The SMILES string of the molecule is CCCC1CN=C(Nc2cccc(C(C)C)c2)S1. The lowest BCUT2D eigenvalue weighted by atomic mass is 10.0. The third kappa shape index (κ3) is 3.52. The van der Waals surface area contributed by atoms with Crippen LogP contribution < -0.4 is 5.32 Å². The van der Waals surface area contributed by atoms with E-state index in [1.54, 1.807) is 0 Å². The zero-order chi connectivity index (χ0) is 13.0. The highest BCUT2D eigenvalue weighted by Crippen LogP contribution is 2.26. The van der Waals surface area contributed by atoms with Crippen LogP contribution in [0.15, 0.2) is 29.3 Å². The standard InChI is InChI=1S/C15H22N2S/c1-4-6-14-10-16-15(18-14)17-13-8-5-7-12(9-13)11(2)3/h5,7-9,11,14H,4,6,10H2,1-3H3,(H,16,17). The zero-order valence-corrected chi connectivity index (χ0v) is 12.3. The first-order valence-corrected chi connectivity index (χ1v) is 7.65. The summed E-state index contributed by atoms with van der Waals surface area (Å²) in [6.45, 7) is 7.64. The van der Waals surface area contributed by atoms with E-state index in [-0.39, 0.29) is 0 Å². The molecule has 0 saturated carbocycles. The van der Waals surface area contributed by atoms with E-state index in [2.05, 4.69) is 55.3 Å². The average Bonchev–Trinajstić information content (AvgIpc) is 2.77. The van der Waals surface area contributed by atoms with E-state index in [0.29, 0.717) is 11.2 Å². The Morgan fingerprint density at radius 3 is 3.00 bits per heavy atom. The van der Waals surface area contributed by atoms with Crippen LogP contribution in [0.1, 0.15) is 45.1 Å². The summed E-state index contributed by atoms with van der Waals surface area (Å²) in [6, 6.07) is 8.63. The van der Waals surface area contributed by atoms with Gasteiger partial charge in [-0.1, -0.05) is 51.1 Å². The van der Waals surface area contributed by atoms with Gasteiger partial charge in [0, 0.05) is 10.9 Å². The Labute approximate surface area is 114 Å². The van der Waals surface area contributed by atoms with Crippen molar-refractivity contribution in [1.82, 2.24) is 0 Å². The third-order valence-corrected chi connectivity index (χ3v) is 4.30. The molecule has 1 aliphatic rings. The summed E-state index contributed by atoms with van der Waals surface area (Å²) >= 11 is 1.88. The first kappa shape index (κ1) is 13.5. The molecule has 1 N–H and O–H groups in total. The molecular formula is C15H22N2S. The second kappa shape index (κ2) is 6.28. The topological polar surface area (TPSA) is 24.4 Å². The molecule has 1 aromatic carbocycles. The van der Waals surface area contributed by atoms with Gasteiger partial charge in [-0.05, 0) is 30.0 Å². The molecule has 1 aromatic rings. The number of hydrogen-bond acceptors (Lipinski definition) is 3. The van der Waals surface area contributed by atoms with Gasteiger partial charge in [-0.2, -0.15) is 0 Å². The second-order valence-corrected chi connectivity index (χ2v) is 6.37. The predicted molar refractivity (Wildman–Crippen MR) is 82.7 cm³/mol. The molecule has 1 heterocycles. The summed E-state index contributed by atoms with van der Waals surface area (Å²) in [4.78, 5) is 4.57.